The van der Waals surface area contributed by atoms with E-state index in [9.17, 15) is 9.59 Å². The van der Waals surface area contributed by atoms with Crippen molar-refractivity contribution in [1.82, 2.24) is 15.1 Å². The number of nitrogens with one attached hydrogen (secondary N) is 1. The zero-order chi connectivity index (χ0) is 15.3. The van der Waals surface area contributed by atoms with Crippen molar-refractivity contribution in [2.24, 2.45) is 0 Å². The fourth-order valence-electron chi connectivity index (χ4n) is 2.89. The minimum atomic E-state index is -0.0324. The first-order chi connectivity index (χ1) is 9.31. The van der Waals surface area contributed by atoms with Gasteiger partial charge in [-0.3, -0.25) is 14.5 Å². The molecule has 1 heterocycles. The predicted molar refractivity (Wildman–Crippen MR) is 80.4 cm³/mol. The Bertz CT molecular complexity index is 334. The molecule has 0 aromatic heterocycles. The van der Waals surface area contributed by atoms with Crippen LogP contribution in [0.2, 0.25) is 0 Å². The van der Waals surface area contributed by atoms with Crippen molar-refractivity contribution < 1.29 is 9.59 Å². The molecule has 5 heteroatoms. The summed E-state index contributed by atoms with van der Waals surface area (Å²) in [6.07, 6.45) is 3.35. The number of likely N-dealkylation sites (N-methyl/N-ethyl adjacent to an activating group) is 1. The number of hydrogen-bond donors (Lipinski definition) is 1. The lowest BCUT2D eigenvalue weighted by atomic mass is 9.97. The Morgan fingerprint density at radius 2 is 1.75 bits per heavy atom. The highest BCUT2D eigenvalue weighted by Crippen LogP contribution is 2.22. The molecule has 1 aliphatic rings. The van der Waals surface area contributed by atoms with E-state index in [1.165, 1.54) is 6.42 Å². The first-order valence-electron chi connectivity index (χ1n) is 7.60. The number of likely N-dealkylation sites (tertiary alicyclic amines) is 1. The lowest BCUT2D eigenvalue weighted by Gasteiger charge is -2.39. The summed E-state index contributed by atoms with van der Waals surface area (Å²) in [6, 6.07) is 0.752. The Balaban J connectivity index is 2.46. The van der Waals surface area contributed by atoms with Crippen LogP contribution in [0, 0.1) is 0 Å². The Kier molecular flexibility index (Phi) is 6.46. The Labute approximate surface area is 122 Å². The number of piperidine rings is 1. The van der Waals surface area contributed by atoms with Gasteiger partial charge in [0.2, 0.25) is 11.8 Å². The molecule has 0 spiro atoms. The second-order valence-corrected chi connectivity index (χ2v) is 6.32. The molecule has 116 valence electrons. The van der Waals surface area contributed by atoms with Crippen LogP contribution in [0.3, 0.4) is 0 Å². The monoisotopic (exact) mass is 283 g/mol. The van der Waals surface area contributed by atoms with E-state index in [0.717, 1.165) is 12.8 Å². The fraction of sp³-hybridized carbons (Fsp3) is 0.867. The van der Waals surface area contributed by atoms with E-state index >= 15 is 0 Å². The summed E-state index contributed by atoms with van der Waals surface area (Å²) >= 11 is 0. The average Bonchev–Trinajstić information content (AvgIpc) is 2.26. The number of nitrogens with zero attached hydrogens (tertiary/aromatic N) is 2. The zero-order valence-corrected chi connectivity index (χ0v) is 13.5. The van der Waals surface area contributed by atoms with Crippen molar-refractivity contribution in [3.05, 3.63) is 0 Å². The van der Waals surface area contributed by atoms with Crippen molar-refractivity contribution in [2.75, 3.05) is 20.1 Å². The molecule has 1 fully saturated rings. The first kappa shape index (κ1) is 17.0. The van der Waals surface area contributed by atoms with E-state index in [1.807, 2.05) is 25.8 Å². The van der Waals surface area contributed by atoms with Gasteiger partial charge in [0.25, 0.3) is 0 Å². The number of hydrogen-bond acceptors (Lipinski definition) is 3. The second kappa shape index (κ2) is 7.62. The van der Waals surface area contributed by atoms with Gasteiger partial charge in [-0.2, -0.15) is 0 Å². The maximum atomic E-state index is 12.4. The average molecular weight is 283 g/mol. The highest BCUT2D eigenvalue weighted by molar-refractivity contribution is 5.81. The molecule has 0 unspecified atom stereocenters. The van der Waals surface area contributed by atoms with Crippen LogP contribution in [0.15, 0.2) is 0 Å². The highest BCUT2D eigenvalue weighted by atomic mass is 16.2. The molecule has 2 atom stereocenters. The van der Waals surface area contributed by atoms with E-state index in [2.05, 4.69) is 19.2 Å². The molecule has 2 amide bonds. The standard InChI is InChI=1S/C15H29N3O2/c1-11(2)16-14(19)9-17(5)10-15(20)18-12(3)7-6-8-13(18)4/h11-13H,6-10H2,1-5H3,(H,16,19)/t12-,13+. The lowest BCUT2D eigenvalue weighted by Crippen LogP contribution is -2.51. The summed E-state index contributed by atoms with van der Waals surface area (Å²) in [5, 5.41) is 2.84. The van der Waals surface area contributed by atoms with Crippen LogP contribution in [-0.2, 0) is 9.59 Å². The topological polar surface area (TPSA) is 52.7 Å². The Morgan fingerprint density at radius 1 is 1.20 bits per heavy atom. The van der Waals surface area contributed by atoms with Crippen LogP contribution in [0.4, 0.5) is 0 Å². The molecule has 5 nitrogen and oxygen atoms in total. The first-order valence-corrected chi connectivity index (χ1v) is 7.60. The van der Waals surface area contributed by atoms with Gasteiger partial charge in [0.15, 0.2) is 0 Å². The van der Waals surface area contributed by atoms with Crippen LogP contribution in [0.25, 0.3) is 0 Å². The van der Waals surface area contributed by atoms with Crippen LogP contribution in [-0.4, -0.2) is 59.9 Å². The maximum absolute atomic E-state index is 12.4. The fourth-order valence-corrected chi connectivity index (χ4v) is 2.89. The van der Waals surface area contributed by atoms with Gasteiger partial charge in [-0.1, -0.05) is 0 Å². The molecule has 1 rings (SSSR count). The van der Waals surface area contributed by atoms with Gasteiger partial charge >= 0.3 is 0 Å². The van der Waals surface area contributed by atoms with Gasteiger partial charge in [-0.25, -0.2) is 0 Å². The van der Waals surface area contributed by atoms with Crippen LogP contribution in [0.5, 0.6) is 0 Å². The number of carbonyl (C=O) groups excluding carboxylic acids is 2. The van der Waals surface area contributed by atoms with Gasteiger partial charge in [0.05, 0.1) is 13.1 Å². The molecule has 1 N–H and O–H groups in total. The van der Waals surface area contributed by atoms with E-state index in [0.29, 0.717) is 18.6 Å². The molecule has 0 aliphatic carbocycles. The SMILES string of the molecule is CC(C)NC(=O)CN(C)CC(=O)N1[C@H](C)CCC[C@@H]1C. The summed E-state index contributed by atoms with van der Waals surface area (Å²) in [6.45, 7) is 8.65. The molecule has 0 radical (unpaired) electrons. The normalized spacial score (nSPS) is 23.2. The Hall–Kier alpha value is -1.10. The molecule has 1 aliphatic heterocycles. The summed E-state index contributed by atoms with van der Waals surface area (Å²) < 4.78 is 0. The van der Waals surface area contributed by atoms with Crippen LogP contribution >= 0.6 is 0 Å². The predicted octanol–water partition coefficient (Wildman–Crippen LogP) is 1.23. The summed E-state index contributed by atoms with van der Waals surface area (Å²) in [7, 11) is 1.82. The third-order valence-electron chi connectivity index (χ3n) is 3.75. The van der Waals surface area contributed by atoms with Crippen molar-refractivity contribution in [1.29, 1.82) is 0 Å². The van der Waals surface area contributed by atoms with Gasteiger partial charge in [0, 0.05) is 18.1 Å². The molecule has 20 heavy (non-hydrogen) atoms. The van der Waals surface area contributed by atoms with Crippen molar-refractivity contribution in [3.63, 3.8) is 0 Å². The lowest BCUT2D eigenvalue weighted by molar-refractivity contribution is -0.138. The molecular formula is C15H29N3O2. The number of amides is 2. The maximum Gasteiger partial charge on any atom is 0.237 e. The van der Waals surface area contributed by atoms with Gasteiger partial charge in [-0.05, 0) is 54.0 Å². The highest BCUT2D eigenvalue weighted by Gasteiger charge is 2.29. The molecular weight excluding hydrogens is 254 g/mol. The summed E-state index contributed by atoms with van der Waals surface area (Å²) in [5.74, 6) is 0.0968. The molecule has 0 bridgehead atoms. The molecule has 0 saturated carbocycles. The van der Waals surface area contributed by atoms with Crippen LogP contribution in [0.1, 0.15) is 47.0 Å². The number of carbonyl (C=O) groups is 2. The molecule has 0 aromatic rings. The smallest absolute Gasteiger partial charge is 0.237 e. The number of rotatable bonds is 5. The Morgan fingerprint density at radius 3 is 2.25 bits per heavy atom. The van der Waals surface area contributed by atoms with Crippen LogP contribution < -0.4 is 5.32 Å². The van der Waals surface area contributed by atoms with E-state index in [4.69, 9.17) is 0 Å². The van der Waals surface area contributed by atoms with Gasteiger partial charge in [-0.15, -0.1) is 0 Å². The van der Waals surface area contributed by atoms with E-state index in [1.54, 1.807) is 4.90 Å². The minimum Gasteiger partial charge on any atom is -0.353 e. The molecule has 0 aromatic carbocycles. The third kappa shape index (κ3) is 5.12. The van der Waals surface area contributed by atoms with E-state index < -0.39 is 0 Å². The summed E-state index contributed by atoms with van der Waals surface area (Å²) in [5.41, 5.74) is 0. The third-order valence-corrected chi connectivity index (χ3v) is 3.75. The molecule has 1 saturated heterocycles. The summed E-state index contributed by atoms with van der Waals surface area (Å²) in [4.78, 5) is 27.8. The van der Waals surface area contributed by atoms with E-state index in [-0.39, 0.29) is 24.4 Å². The second-order valence-electron chi connectivity index (χ2n) is 6.32. The van der Waals surface area contributed by atoms with Crippen molar-refractivity contribution >= 4 is 11.8 Å². The quantitative estimate of drug-likeness (QED) is 0.826. The minimum absolute atomic E-state index is 0.0324. The van der Waals surface area contributed by atoms with Crippen molar-refractivity contribution in [2.45, 2.75) is 65.1 Å². The van der Waals surface area contributed by atoms with Gasteiger partial charge in [0.1, 0.15) is 0 Å². The van der Waals surface area contributed by atoms with Gasteiger partial charge < -0.3 is 10.2 Å². The van der Waals surface area contributed by atoms with Crippen molar-refractivity contribution in [3.8, 4) is 0 Å². The zero-order valence-electron chi connectivity index (χ0n) is 13.5. The largest absolute Gasteiger partial charge is 0.353 e.